The molecule has 4 fully saturated rings. The average molecular weight is 400 g/mol. The molecule has 2 heteroatoms. The molecule has 1 N–H and O–H groups in total. The Morgan fingerprint density at radius 3 is 2.59 bits per heavy atom. The van der Waals surface area contributed by atoms with Crippen molar-refractivity contribution in [2.24, 2.45) is 51.5 Å². The smallest absolute Gasteiger partial charge is 0.0574 e. The van der Waals surface area contributed by atoms with Crippen LogP contribution in [0.25, 0.3) is 0 Å². The molecule has 164 valence electrons. The number of allylic oxidation sites excluding steroid dienone is 1. The molecule has 8 atom stereocenters. The molecule has 1 unspecified atom stereocenters. The van der Waals surface area contributed by atoms with Gasteiger partial charge in [-0.2, -0.15) is 0 Å². The van der Waals surface area contributed by atoms with E-state index >= 15 is 0 Å². The molecule has 2 nitrogen and oxygen atoms in total. The Balaban J connectivity index is 1.47. The quantitative estimate of drug-likeness (QED) is 0.285. The number of nitrogens with zero attached hydrogens (tertiary/aromatic N) is 1. The van der Waals surface area contributed by atoms with Gasteiger partial charge in [0.05, 0.1) is 5.71 Å². The van der Waals surface area contributed by atoms with Gasteiger partial charge in [-0.25, -0.2) is 0 Å². The van der Waals surface area contributed by atoms with Gasteiger partial charge in [0.25, 0.3) is 0 Å². The topological polar surface area (TPSA) is 32.6 Å². The lowest BCUT2D eigenvalue weighted by atomic mass is 9.44. The fourth-order valence-corrected chi connectivity index (χ4v) is 9.05. The van der Waals surface area contributed by atoms with Gasteiger partial charge in [-0.05, 0) is 124 Å². The molecule has 4 aliphatic rings. The molecular formula is C27H45NO. The largest absolute Gasteiger partial charge is 0.411 e. The van der Waals surface area contributed by atoms with Gasteiger partial charge in [0.2, 0.25) is 0 Å². The summed E-state index contributed by atoms with van der Waals surface area (Å²) in [5.41, 5.74) is 3.49. The van der Waals surface area contributed by atoms with Crippen molar-refractivity contribution in [1.82, 2.24) is 0 Å². The van der Waals surface area contributed by atoms with Crippen LogP contribution in [-0.4, -0.2) is 10.9 Å². The first-order valence-electron chi connectivity index (χ1n) is 12.6. The molecular weight excluding hydrogens is 354 g/mol. The van der Waals surface area contributed by atoms with E-state index in [0.717, 1.165) is 54.1 Å². The minimum atomic E-state index is 0.490. The van der Waals surface area contributed by atoms with Crippen LogP contribution in [0.4, 0.5) is 0 Å². The zero-order valence-electron chi connectivity index (χ0n) is 19.6. The van der Waals surface area contributed by atoms with Crippen molar-refractivity contribution in [3.63, 3.8) is 0 Å². The maximum Gasteiger partial charge on any atom is 0.0574 e. The summed E-state index contributed by atoms with van der Waals surface area (Å²) < 4.78 is 0. The summed E-state index contributed by atoms with van der Waals surface area (Å²) in [6.45, 7) is 14.1. The second kappa shape index (κ2) is 8.04. The Morgan fingerprint density at radius 1 is 1.10 bits per heavy atom. The zero-order valence-corrected chi connectivity index (χ0v) is 19.6. The van der Waals surface area contributed by atoms with Gasteiger partial charge >= 0.3 is 0 Å². The first-order chi connectivity index (χ1) is 13.8. The predicted octanol–water partition coefficient (Wildman–Crippen LogP) is 7.86. The van der Waals surface area contributed by atoms with Crippen molar-refractivity contribution < 1.29 is 5.21 Å². The maximum absolute atomic E-state index is 9.31. The highest BCUT2D eigenvalue weighted by Crippen LogP contribution is 2.68. The Hall–Kier alpha value is -0.790. The van der Waals surface area contributed by atoms with E-state index in [9.17, 15) is 5.21 Å². The molecule has 0 heterocycles. The average Bonchev–Trinajstić information content (AvgIpc) is 3.04. The van der Waals surface area contributed by atoms with Crippen molar-refractivity contribution in [3.05, 3.63) is 12.2 Å². The Labute approximate surface area is 179 Å². The summed E-state index contributed by atoms with van der Waals surface area (Å²) in [5, 5.41) is 12.9. The number of rotatable bonds is 5. The van der Waals surface area contributed by atoms with Gasteiger partial charge in [-0.1, -0.05) is 37.9 Å². The molecule has 0 aliphatic heterocycles. The molecule has 4 aliphatic carbocycles. The van der Waals surface area contributed by atoms with Crippen LogP contribution in [-0.2, 0) is 0 Å². The first-order valence-corrected chi connectivity index (χ1v) is 12.6. The Bertz CT molecular complexity index is 653. The monoisotopic (exact) mass is 399 g/mol. The van der Waals surface area contributed by atoms with Gasteiger partial charge in [0, 0.05) is 0 Å². The second-order valence-electron chi connectivity index (χ2n) is 12.1. The van der Waals surface area contributed by atoms with E-state index in [4.69, 9.17) is 0 Å². The van der Waals surface area contributed by atoms with E-state index in [-0.39, 0.29) is 0 Å². The number of hydrogen-bond donors (Lipinski definition) is 1. The molecule has 0 aromatic heterocycles. The lowest BCUT2D eigenvalue weighted by molar-refractivity contribution is -0.105. The minimum Gasteiger partial charge on any atom is -0.411 e. The molecule has 0 aromatic rings. The summed E-state index contributed by atoms with van der Waals surface area (Å²) >= 11 is 0. The second-order valence-corrected chi connectivity index (χ2v) is 12.1. The molecule has 0 saturated heterocycles. The summed E-state index contributed by atoms with van der Waals surface area (Å²) in [4.78, 5) is 0. The fraction of sp³-hybridized carbons (Fsp3) is 0.889. The van der Waals surface area contributed by atoms with Crippen LogP contribution in [0.3, 0.4) is 0 Å². The normalized spacial score (nSPS) is 46.6. The molecule has 0 amide bonds. The van der Waals surface area contributed by atoms with Crippen molar-refractivity contribution in [2.75, 3.05) is 0 Å². The zero-order chi connectivity index (χ0) is 20.8. The highest BCUT2D eigenvalue weighted by molar-refractivity contribution is 5.85. The van der Waals surface area contributed by atoms with Crippen molar-refractivity contribution in [2.45, 2.75) is 105 Å². The highest BCUT2D eigenvalue weighted by Gasteiger charge is 2.60. The van der Waals surface area contributed by atoms with Crippen LogP contribution in [0.15, 0.2) is 17.3 Å². The summed E-state index contributed by atoms with van der Waals surface area (Å²) in [7, 11) is 0. The molecule has 4 saturated carbocycles. The number of oxime groups is 1. The molecule has 0 bridgehead atoms. The van der Waals surface area contributed by atoms with Gasteiger partial charge in [0.15, 0.2) is 0 Å². The Kier molecular flexibility index (Phi) is 5.95. The first kappa shape index (κ1) is 21.4. The van der Waals surface area contributed by atoms with Crippen LogP contribution in [0.5, 0.6) is 0 Å². The van der Waals surface area contributed by atoms with E-state index in [2.05, 4.69) is 39.4 Å². The van der Waals surface area contributed by atoms with Crippen molar-refractivity contribution in [1.29, 1.82) is 0 Å². The third-order valence-corrected chi connectivity index (χ3v) is 10.7. The lowest BCUT2D eigenvalue weighted by Gasteiger charge is -2.60. The van der Waals surface area contributed by atoms with Crippen LogP contribution >= 0.6 is 0 Å². The van der Waals surface area contributed by atoms with Crippen LogP contribution in [0, 0.1) is 46.3 Å². The lowest BCUT2D eigenvalue weighted by Crippen LogP contribution is -2.53. The van der Waals surface area contributed by atoms with Gasteiger partial charge < -0.3 is 5.21 Å². The molecule has 4 rings (SSSR count). The van der Waals surface area contributed by atoms with Gasteiger partial charge in [-0.15, -0.1) is 6.58 Å². The molecule has 0 radical (unpaired) electrons. The van der Waals surface area contributed by atoms with Crippen LogP contribution in [0.2, 0.25) is 0 Å². The minimum absolute atomic E-state index is 0.490. The van der Waals surface area contributed by atoms with E-state index in [1.807, 2.05) is 0 Å². The third-order valence-electron chi connectivity index (χ3n) is 10.7. The molecule has 29 heavy (non-hydrogen) atoms. The van der Waals surface area contributed by atoms with Crippen molar-refractivity contribution in [3.8, 4) is 0 Å². The van der Waals surface area contributed by atoms with Crippen LogP contribution in [0.1, 0.15) is 105 Å². The van der Waals surface area contributed by atoms with Gasteiger partial charge in [-0.3, -0.25) is 0 Å². The SMILES string of the molecule is C=C(C)CCC[C@@H](C)[C@H]1CC[C@H]2[C@@H]3CCC4CC(=NO)CC[C@]4(C)[C@H]3CC[C@]12C. The Morgan fingerprint density at radius 2 is 1.86 bits per heavy atom. The number of hydrogen-bond acceptors (Lipinski definition) is 2. The van der Waals surface area contributed by atoms with E-state index in [1.165, 1.54) is 69.8 Å². The highest BCUT2D eigenvalue weighted by atomic mass is 16.4. The number of fused-ring (bicyclic) bond motifs is 5. The summed E-state index contributed by atoms with van der Waals surface area (Å²) in [6.07, 6.45) is 15.9. The van der Waals surface area contributed by atoms with E-state index in [1.54, 1.807) is 0 Å². The molecule has 0 spiro atoms. The standard InChI is InChI=1S/C27H45NO/c1-18(2)7-6-8-19(3)23-11-12-24-22-10-9-20-17-21(28-29)13-15-26(20,4)25(22)14-16-27(23,24)5/h19-20,22-25,29H,1,6-17H2,2-5H3/t19-,20?,22+,23-,24+,25+,26+,27-/m1/s1. The summed E-state index contributed by atoms with van der Waals surface area (Å²) in [6, 6.07) is 0. The van der Waals surface area contributed by atoms with Crippen molar-refractivity contribution >= 4 is 5.71 Å². The maximum atomic E-state index is 9.31. The fourth-order valence-electron chi connectivity index (χ4n) is 9.05. The summed E-state index contributed by atoms with van der Waals surface area (Å²) in [5.74, 6) is 5.38. The predicted molar refractivity (Wildman–Crippen MR) is 122 cm³/mol. The molecule has 0 aromatic carbocycles. The van der Waals surface area contributed by atoms with E-state index in [0.29, 0.717) is 10.8 Å². The third kappa shape index (κ3) is 3.61. The van der Waals surface area contributed by atoms with Crippen LogP contribution < -0.4 is 0 Å². The van der Waals surface area contributed by atoms with E-state index < -0.39 is 0 Å². The van der Waals surface area contributed by atoms with Gasteiger partial charge in [0.1, 0.15) is 0 Å².